The van der Waals surface area contributed by atoms with Crippen LogP contribution >= 0.6 is 0 Å². The van der Waals surface area contributed by atoms with Crippen molar-refractivity contribution in [3.63, 3.8) is 0 Å². The van der Waals surface area contributed by atoms with Gasteiger partial charge in [-0.2, -0.15) is 0 Å². The van der Waals surface area contributed by atoms with Crippen molar-refractivity contribution in [2.45, 2.75) is 46.1 Å². The van der Waals surface area contributed by atoms with E-state index in [-0.39, 0.29) is 24.7 Å². The highest BCUT2D eigenvalue weighted by Gasteiger charge is 2.37. The molecular weight excluding hydrogens is 210 g/mol. The third kappa shape index (κ3) is 4.00. The Morgan fingerprint density at radius 1 is 1.31 bits per heavy atom. The molecule has 0 aliphatic rings. The Kier molecular flexibility index (Phi) is 5.14. The second-order valence-electron chi connectivity index (χ2n) is 4.47. The fourth-order valence-electron chi connectivity index (χ4n) is 1.27. The number of amides is 1. The molecule has 1 amide bonds. The molecule has 16 heavy (non-hydrogen) atoms. The van der Waals surface area contributed by atoms with Crippen LogP contribution in [0.15, 0.2) is 0 Å². The predicted molar refractivity (Wildman–Crippen MR) is 58.9 cm³/mol. The first-order chi connectivity index (χ1) is 7.23. The third-order valence-electron chi connectivity index (χ3n) is 2.41. The van der Waals surface area contributed by atoms with Gasteiger partial charge in [0.25, 0.3) is 5.78 Å². The SMILES string of the molecule is CCC(C)(NC(=O)CC(C)C)C(=O)C(=O)O. The smallest absolute Gasteiger partial charge is 0.374 e. The fourth-order valence-corrected chi connectivity index (χ4v) is 1.27. The summed E-state index contributed by atoms with van der Waals surface area (Å²) in [4.78, 5) is 33.5. The van der Waals surface area contributed by atoms with E-state index < -0.39 is 17.3 Å². The Labute approximate surface area is 95.2 Å². The predicted octanol–water partition coefficient (Wildman–Crippen LogP) is 0.971. The maximum absolute atomic E-state index is 11.5. The lowest BCUT2D eigenvalue weighted by Crippen LogP contribution is -2.54. The number of carbonyl (C=O) groups is 3. The maximum atomic E-state index is 11.5. The van der Waals surface area contributed by atoms with Gasteiger partial charge in [-0.3, -0.25) is 9.59 Å². The Balaban J connectivity index is 4.67. The van der Waals surface area contributed by atoms with E-state index in [4.69, 9.17) is 5.11 Å². The molecule has 0 aromatic heterocycles. The van der Waals surface area contributed by atoms with E-state index >= 15 is 0 Å². The van der Waals surface area contributed by atoms with Gasteiger partial charge in [-0.15, -0.1) is 0 Å². The van der Waals surface area contributed by atoms with Gasteiger partial charge >= 0.3 is 5.97 Å². The molecule has 1 atom stereocenters. The van der Waals surface area contributed by atoms with Gasteiger partial charge in [0, 0.05) is 6.42 Å². The second kappa shape index (κ2) is 5.63. The van der Waals surface area contributed by atoms with Gasteiger partial charge < -0.3 is 10.4 Å². The summed E-state index contributed by atoms with van der Waals surface area (Å²) in [6.07, 6.45) is 0.532. The van der Waals surface area contributed by atoms with Gasteiger partial charge in [0.1, 0.15) is 5.54 Å². The Hall–Kier alpha value is -1.39. The van der Waals surface area contributed by atoms with Crippen LogP contribution in [0.2, 0.25) is 0 Å². The summed E-state index contributed by atoms with van der Waals surface area (Å²) in [5.41, 5.74) is -1.31. The lowest BCUT2D eigenvalue weighted by atomic mass is 9.92. The topological polar surface area (TPSA) is 83.5 Å². The van der Waals surface area contributed by atoms with E-state index in [1.807, 2.05) is 13.8 Å². The highest BCUT2D eigenvalue weighted by Crippen LogP contribution is 2.12. The number of Topliss-reactive ketones (excluding diaryl/α,β-unsaturated/α-hetero) is 1. The van der Waals surface area contributed by atoms with Crippen molar-refractivity contribution in [3.05, 3.63) is 0 Å². The van der Waals surface area contributed by atoms with E-state index in [0.29, 0.717) is 0 Å². The summed E-state index contributed by atoms with van der Waals surface area (Å²) in [6.45, 7) is 6.85. The van der Waals surface area contributed by atoms with Crippen LogP contribution < -0.4 is 5.32 Å². The molecule has 0 bridgehead atoms. The van der Waals surface area contributed by atoms with Gasteiger partial charge in [-0.1, -0.05) is 20.8 Å². The molecule has 0 aromatic rings. The fraction of sp³-hybridized carbons (Fsp3) is 0.727. The molecule has 92 valence electrons. The first-order valence-electron chi connectivity index (χ1n) is 5.31. The van der Waals surface area contributed by atoms with Gasteiger partial charge in [0.2, 0.25) is 5.91 Å². The standard InChI is InChI=1S/C11H19NO4/c1-5-11(4,9(14)10(15)16)12-8(13)6-7(2)3/h7H,5-6H2,1-4H3,(H,12,13)(H,15,16). The van der Waals surface area contributed by atoms with Crippen LogP contribution in [0, 0.1) is 5.92 Å². The number of carboxylic acid groups (broad SMARTS) is 1. The van der Waals surface area contributed by atoms with E-state index in [9.17, 15) is 14.4 Å². The molecule has 0 aliphatic carbocycles. The Morgan fingerprint density at radius 3 is 2.12 bits per heavy atom. The van der Waals surface area contributed by atoms with Crippen molar-refractivity contribution in [1.82, 2.24) is 5.32 Å². The molecule has 5 heteroatoms. The van der Waals surface area contributed by atoms with E-state index in [2.05, 4.69) is 5.32 Å². The van der Waals surface area contributed by atoms with E-state index in [1.165, 1.54) is 6.92 Å². The molecule has 5 nitrogen and oxygen atoms in total. The molecule has 0 heterocycles. The Bertz CT molecular complexity index is 298. The lowest BCUT2D eigenvalue weighted by molar-refractivity contribution is -0.152. The van der Waals surface area contributed by atoms with Crippen molar-refractivity contribution in [2.75, 3.05) is 0 Å². The van der Waals surface area contributed by atoms with Crippen molar-refractivity contribution in [3.8, 4) is 0 Å². The number of hydrogen-bond acceptors (Lipinski definition) is 3. The third-order valence-corrected chi connectivity index (χ3v) is 2.41. The Morgan fingerprint density at radius 2 is 1.81 bits per heavy atom. The van der Waals surface area contributed by atoms with Crippen LogP contribution in [0.3, 0.4) is 0 Å². The van der Waals surface area contributed by atoms with Crippen molar-refractivity contribution < 1.29 is 19.5 Å². The zero-order valence-corrected chi connectivity index (χ0v) is 10.2. The molecule has 0 radical (unpaired) electrons. The zero-order chi connectivity index (χ0) is 12.9. The quantitative estimate of drug-likeness (QED) is 0.665. The van der Waals surface area contributed by atoms with Crippen LogP contribution in [0.1, 0.15) is 40.5 Å². The van der Waals surface area contributed by atoms with Crippen LogP contribution in [-0.4, -0.2) is 28.3 Å². The number of carboxylic acids is 1. The van der Waals surface area contributed by atoms with Crippen molar-refractivity contribution >= 4 is 17.7 Å². The summed E-state index contributed by atoms with van der Waals surface area (Å²) in [6, 6.07) is 0. The van der Waals surface area contributed by atoms with Gasteiger partial charge in [0.15, 0.2) is 0 Å². The molecule has 0 saturated carbocycles. The zero-order valence-electron chi connectivity index (χ0n) is 10.2. The monoisotopic (exact) mass is 229 g/mol. The van der Waals surface area contributed by atoms with Crippen LogP contribution in [0.5, 0.6) is 0 Å². The van der Waals surface area contributed by atoms with E-state index in [1.54, 1.807) is 6.92 Å². The van der Waals surface area contributed by atoms with Crippen LogP contribution in [-0.2, 0) is 14.4 Å². The molecule has 2 N–H and O–H groups in total. The van der Waals surface area contributed by atoms with Crippen molar-refractivity contribution in [1.29, 1.82) is 0 Å². The summed E-state index contributed by atoms with van der Waals surface area (Å²) < 4.78 is 0. The number of carbonyl (C=O) groups excluding carboxylic acids is 2. The highest BCUT2D eigenvalue weighted by molar-refractivity contribution is 6.36. The molecule has 0 fully saturated rings. The minimum absolute atomic E-state index is 0.168. The molecular formula is C11H19NO4. The van der Waals surface area contributed by atoms with Crippen LogP contribution in [0.4, 0.5) is 0 Å². The number of rotatable bonds is 6. The average Bonchev–Trinajstić information content (AvgIpc) is 2.14. The number of hydrogen-bond donors (Lipinski definition) is 2. The second-order valence-corrected chi connectivity index (χ2v) is 4.47. The van der Waals surface area contributed by atoms with E-state index in [0.717, 1.165) is 0 Å². The molecule has 0 spiro atoms. The summed E-state index contributed by atoms with van der Waals surface area (Å²) in [7, 11) is 0. The molecule has 0 aliphatic heterocycles. The first-order valence-corrected chi connectivity index (χ1v) is 5.31. The van der Waals surface area contributed by atoms with Crippen LogP contribution in [0.25, 0.3) is 0 Å². The number of nitrogens with one attached hydrogen (secondary N) is 1. The molecule has 0 rings (SSSR count). The first kappa shape index (κ1) is 14.6. The van der Waals surface area contributed by atoms with Crippen molar-refractivity contribution in [2.24, 2.45) is 5.92 Å². The summed E-state index contributed by atoms with van der Waals surface area (Å²) >= 11 is 0. The molecule has 0 saturated heterocycles. The molecule has 1 unspecified atom stereocenters. The van der Waals surface area contributed by atoms with Gasteiger partial charge in [-0.25, -0.2) is 4.79 Å². The largest absolute Gasteiger partial charge is 0.475 e. The summed E-state index contributed by atoms with van der Waals surface area (Å²) in [5.74, 6) is -2.63. The van der Waals surface area contributed by atoms with Gasteiger partial charge in [-0.05, 0) is 19.3 Å². The minimum atomic E-state index is -1.52. The lowest BCUT2D eigenvalue weighted by Gasteiger charge is -2.26. The normalized spacial score (nSPS) is 14.3. The summed E-state index contributed by atoms with van der Waals surface area (Å²) in [5, 5.41) is 11.1. The minimum Gasteiger partial charge on any atom is -0.475 e. The highest BCUT2D eigenvalue weighted by atomic mass is 16.4. The average molecular weight is 229 g/mol. The molecule has 0 aromatic carbocycles. The number of ketones is 1. The van der Waals surface area contributed by atoms with Gasteiger partial charge in [0.05, 0.1) is 0 Å². The number of aliphatic carboxylic acids is 1. The maximum Gasteiger partial charge on any atom is 0.374 e.